The van der Waals surface area contributed by atoms with Gasteiger partial charge in [0.1, 0.15) is 11.6 Å². The molecule has 3 aromatic rings. The molecule has 2 aromatic heterocycles. The molecule has 10 heteroatoms. The van der Waals surface area contributed by atoms with Crippen molar-refractivity contribution in [1.82, 2.24) is 24.8 Å². The number of hydrogen-bond donors (Lipinski definition) is 0. The number of halogens is 2. The van der Waals surface area contributed by atoms with Crippen molar-refractivity contribution in [3.63, 3.8) is 0 Å². The Labute approximate surface area is 177 Å². The summed E-state index contributed by atoms with van der Waals surface area (Å²) in [6, 6.07) is 3.06. The summed E-state index contributed by atoms with van der Waals surface area (Å²) in [4.78, 5) is 18.2. The molecule has 1 aliphatic rings. The highest BCUT2D eigenvalue weighted by Gasteiger charge is 2.26. The molecule has 0 fully saturated rings. The minimum absolute atomic E-state index is 0.189. The Bertz CT molecular complexity index is 1110. The summed E-state index contributed by atoms with van der Waals surface area (Å²) in [5.74, 6) is -1.48. The lowest BCUT2D eigenvalue weighted by molar-refractivity contribution is 0.0791. The minimum atomic E-state index is -0.897. The Morgan fingerprint density at radius 2 is 2.13 bits per heavy atom. The van der Waals surface area contributed by atoms with Crippen LogP contribution in [0.3, 0.4) is 0 Å². The molecule has 0 radical (unpaired) electrons. The van der Waals surface area contributed by atoms with E-state index in [1.54, 1.807) is 0 Å². The maximum atomic E-state index is 13.9. The Kier molecular flexibility index (Phi) is 5.81. The highest BCUT2D eigenvalue weighted by molar-refractivity contribution is 5.94. The van der Waals surface area contributed by atoms with Gasteiger partial charge in [0.25, 0.3) is 11.8 Å². The number of likely N-dealkylation sites (N-methyl/N-ethyl adjacent to an activating group) is 1. The standard InChI is InChI=1S/C21H23F2N5O3/c1-12(2)28-17-7-9-30-11-15(17)19(25-28)20-24-18(26-31-20)6-8-27(3)21(29)14-5-4-13(22)10-16(14)23/h4-5,10,12H,6-9,11H2,1-3H3. The van der Waals surface area contributed by atoms with Gasteiger partial charge in [-0.25, -0.2) is 8.78 Å². The molecule has 0 unspecified atom stereocenters. The summed E-state index contributed by atoms with van der Waals surface area (Å²) in [7, 11) is 1.53. The first-order valence-electron chi connectivity index (χ1n) is 10.1. The Balaban J connectivity index is 1.47. The van der Waals surface area contributed by atoms with Crippen LogP contribution in [0.15, 0.2) is 22.7 Å². The lowest BCUT2D eigenvalue weighted by atomic mass is 10.1. The van der Waals surface area contributed by atoms with Gasteiger partial charge in [0.2, 0.25) is 0 Å². The van der Waals surface area contributed by atoms with Gasteiger partial charge in [0.05, 0.1) is 18.8 Å². The van der Waals surface area contributed by atoms with Crippen LogP contribution < -0.4 is 0 Å². The zero-order valence-electron chi connectivity index (χ0n) is 17.6. The summed E-state index contributed by atoms with van der Waals surface area (Å²) < 4.78 is 39.9. The van der Waals surface area contributed by atoms with Crippen molar-refractivity contribution in [2.45, 2.75) is 39.3 Å². The van der Waals surface area contributed by atoms with Gasteiger partial charge >= 0.3 is 0 Å². The third kappa shape index (κ3) is 4.20. The normalized spacial score (nSPS) is 13.5. The van der Waals surface area contributed by atoms with E-state index in [1.165, 1.54) is 11.9 Å². The third-order valence-electron chi connectivity index (χ3n) is 5.19. The van der Waals surface area contributed by atoms with Crippen molar-refractivity contribution in [2.75, 3.05) is 20.2 Å². The molecular formula is C21H23F2N5O3. The fourth-order valence-corrected chi connectivity index (χ4v) is 3.55. The Morgan fingerprint density at radius 3 is 2.87 bits per heavy atom. The number of carbonyl (C=O) groups is 1. The van der Waals surface area contributed by atoms with Crippen LogP contribution >= 0.6 is 0 Å². The maximum Gasteiger partial charge on any atom is 0.278 e. The number of rotatable bonds is 6. The van der Waals surface area contributed by atoms with Gasteiger partial charge in [0.15, 0.2) is 11.5 Å². The van der Waals surface area contributed by atoms with Gasteiger partial charge in [-0.3, -0.25) is 9.48 Å². The molecule has 3 heterocycles. The van der Waals surface area contributed by atoms with Crippen LogP contribution in [0.2, 0.25) is 0 Å². The fraction of sp³-hybridized carbons (Fsp3) is 0.429. The van der Waals surface area contributed by atoms with Crippen molar-refractivity contribution in [2.24, 2.45) is 0 Å². The van der Waals surface area contributed by atoms with E-state index in [1.807, 2.05) is 4.68 Å². The van der Waals surface area contributed by atoms with Gasteiger partial charge in [-0.15, -0.1) is 0 Å². The van der Waals surface area contributed by atoms with Gasteiger partial charge in [-0.1, -0.05) is 5.16 Å². The quantitative estimate of drug-likeness (QED) is 0.596. The summed E-state index contributed by atoms with van der Waals surface area (Å²) in [5.41, 5.74) is 2.49. The number of fused-ring (bicyclic) bond motifs is 1. The van der Waals surface area contributed by atoms with E-state index in [0.717, 1.165) is 29.8 Å². The average molecular weight is 431 g/mol. The van der Waals surface area contributed by atoms with Crippen LogP contribution in [-0.2, 0) is 24.2 Å². The Hall–Kier alpha value is -3.14. The van der Waals surface area contributed by atoms with Crippen LogP contribution in [0.4, 0.5) is 8.78 Å². The lowest BCUT2D eigenvalue weighted by Gasteiger charge is -2.16. The molecular weight excluding hydrogens is 408 g/mol. The topological polar surface area (TPSA) is 86.3 Å². The molecule has 164 valence electrons. The average Bonchev–Trinajstić information content (AvgIpc) is 3.36. The number of ether oxygens (including phenoxy) is 1. The van der Waals surface area contributed by atoms with E-state index in [9.17, 15) is 13.6 Å². The number of aromatic nitrogens is 4. The smallest absolute Gasteiger partial charge is 0.278 e. The summed E-state index contributed by atoms with van der Waals surface area (Å²) >= 11 is 0. The van der Waals surface area contributed by atoms with Crippen molar-refractivity contribution in [1.29, 1.82) is 0 Å². The molecule has 1 aliphatic heterocycles. The second-order valence-corrected chi connectivity index (χ2v) is 7.73. The second kappa shape index (κ2) is 8.54. The van der Waals surface area contributed by atoms with E-state index < -0.39 is 17.5 Å². The second-order valence-electron chi connectivity index (χ2n) is 7.73. The predicted molar refractivity (Wildman–Crippen MR) is 106 cm³/mol. The molecule has 0 N–H and O–H groups in total. The zero-order chi connectivity index (χ0) is 22.1. The van der Waals surface area contributed by atoms with Crippen molar-refractivity contribution in [3.8, 4) is 11.6 Å². The zero-order valence-corrected chi connectivity index (χ0v) is 17.6. The van der Waals surface area contributed by atoms with Gasteiger partial charge in [-0.05, 0) is 26.0 Å². The lowest BCUT2D eigenvalue weighted by Crippen LogP contribution is -2.29. The molecule has 0 spiro atoms. The summed E-state index contributed by atoms with van der Waals surface area (Å²) in [6.07, 6.45) is 1.08. The summed E-state index contributed by atoms with van der Waals surface area (Å²) in [6.45, 7) is 5.44. The molecule has 1 amide bonds. The van der Waals surface area contributed by atoms with Crippen LogP contribution in [0.5, 0.6) is 0 Å². The van der Waals surface area contributed by atoms with Crippen LogP contribution in [0, 0.1) is 11.6 Å². The van der Waals surface area contributed by atoms with Gasteiger partial charge < -0.3 is 14.2 Å². The number of carbonyl (C=O) groups excluding carboxylic acids is 1. The maximum absolute atomic E-state index is 13.9. The molecule has 1 aromatic carbocycles. The first-order valence-corrected chi connectivity index (χ1v) is 10.1. The van der Waals surface area contributed by atoms with E-state index in [2.05, 4.69) is 29.1 Å². The van der Waals surface area contributed by atoms with E-state index in [0.29, 0.717) is 43.1 Å². The molecule has 8 nitrogen and oxygen atoms in total. The molecule has 4 rings (SSSR count). The highest BCUT2D eigenvalue weighted by atomic mass is 19.1. The van der Waals surface area contributed by atoms with Gasteiger partial charge in [-0.2, -0.15) is 10.1 Å². The Morgan fingerprint density at radius 1 is 1.32 bits per heavy atom. The fourth-order valence-electron chi connectivity index (χ4n) is 3.55. The van der Waals surface area contributed by atoms with Crippen molar-refractivity contribution < 1.29 is 22.8 Å². The molecule has 0 saturated heterocycles. The molecule has 0 saturated carbocycles. The monoisotopic (exact) mass is 431 g/mol. The van der Waals surface area contributed by atoms with E-state index >= 15 is 0 Å². The molecule has 31 heavy (non-hydrogen) atoms. The number of benzene rings is 1. The predicted octanol–water partition coefficient (Wildman–Crippen LogP) is 3.18. The van der Waals surface area contributed by atoms with Gasteiger partial charge in [0, 0.05) is 49.8 Å². The number of nitrogens with zero attached hydrogens (tertiary/aromatic N) is 5. The first kappa shape index (κ1) is 21.1. The largest absolute Gasteiger partial charge is 0.376 e. The number of amides is 1. The van der Waals surface area contributed by atoms with Crippen molar-refractivity contribution >= 4 is 5.91 Å². The summed E-state index contributed by atoms with van der Waals surface area (Å²) in [5, 5.41) is 8.65. The minimum Gasteiger partial charge on any atom is -0.376 e. The van der Waals surface area contributed by atoms with Crippen LogP contribution in [0.25, 0.3) is 11.6 Å². The van der Waals surface area contributed by atoms with E-state index in [4.69, 9.17) is 9.26 Å². The van der Waals surface area contributed by atoms with Crippen molar-refractivity contribution in [3.05, 3.63) is 52.5 Å². The molecule has 0 atom stereocenters. The number of hydrogen-bond acceptors (Lipinski definition) is 6. The SMILES string of the molecule is CC(C)n1nc(-c2nc(CCN(C)C(=O)c3ccc(F)cc3F)no2)c2c1CCOC2. The van der Waals surface area contributed by atoms with E-state index in [-0.39, 0.29) is 18.2 Å². The third-order valence-corrected chi connectivity index (χ3v) is 5.19. The molecule has 0 bridgehead atoms. The molecule has 0 aliphatic carbocycles. The first-order chi connectivity index (χ1) is 14.8. The highest BCUT2D eigenvalue weighted by Crippen LogP contribution is 2.30. The van der Waals surface area contributed by atoms with Crippen LogP contribution in [0.1, 0.15) is 47.3 Å². The van der Waals surface area contributed by atoms with Crippen LogP contribution in [-0.4, -0.2) is 50.9 Å².